The van der Waals surface area contributed by atoms with Crippen LogP contribution in [0.4, 0.5) is 4.79 Å². The molecule has 174 valence electrons. The van der Waals surface area contributed by atoms with Crippen molar-refractivity contribution in [2.75, 3.05) is 6.61 Å². The van der Waals surface area contributed by atoms with Gasteiger partial charge in [-0.1, -0.05) is 48.5 Å². The van der Waals surface area contributed by atoms with Crippen LogP contribution in [0.15, 0.2) is 60.1 Å². The zero-order valence-corrected chi connectivity index (χ0v) is 18.5. The minimum atomic E-state index is -1.73. The van der Waals surface area contributed by atoms with Gasteiger partial charge in [0.05, 0.1) is 5.01 Å². The molecule has 1 unspecified atom stereocenters. The SMILES string of the molecule is O=C(NNC(=O)C(Cc1nccs1)NC(=O)C(=O)O)OCC1c2ccccc2-c2ccccc21. The van der Waals surface area contributed by atoms with Crippen LogP contribution >= 0.6 is 11.3 Å². The fourth-order valence-electron chi connectivity index (χ4n) is 3.79. The third-order valence-electron chi connectivity index (χ3n) is 5.31. The maximum absolute atomic E-state index is 12.5. The van der Waals surface area contributed by atoms with Gasteiger partial charge in [0, 0.05) is 23.9 Å². The van der Waals surface area contributed by atoms with Crippen LogP contribution in [0.5, 0.6) is 0 Å². The highest BCUT2D eigenvalue weighted by Crippen LogP contribution is 2.44. The molecule has 11 heteroatoms. The Balaban J connectivity index is 1.35. The van der Waals surface area contributed by atoms with Crippen molar-refractivity contribution >= 4 is 35.2 Å². The van der Waals surface area contributed by atoms with Crippen LogP contribution in [0.3, 0.4) is 0 Å². The van der Waals surface area contributed by atoms with Gasteiger partial charge in [0.25, 0.3) is 5.91 Å². The maximum Gasteiger partial charge on any atom is 0.426 e. The molecule has 0 saturated carbocycles. The minimum absolute atomic E-state index is 0.0467. The zero-order valence-electron chi connectivity index (χ0n) is 17.7. The van der Waals surface area contributed by atoms with Gasteiger partial charge < -0.3 is 15.2 Å². The highest BCUT2D eigenvalue weighted by molar-refractivity contribution is 7.09. The predicted octanol–water partition coefficient (Wildman–Crippen LogP) is 1.82. The van der Waals surface area contributed by atoms with Gasteiger partial charge in [0.2, 0.25) is 0 Å². The average molecular weight is 481 g/mol. The Kier molecular flexibility index (Phi) is 6.83. The van der Waals surface area contributed by atoms with Gasteiger partial charge in [-0.15, -0.1) is 11.3 Å². The van der Waals surface area contributed by atoms with Crippen molar-refractivity contribution in [3.05, 3.63) is 76.2 Å². The number of nitrogens with one attached hydrogen (secondary N) is 3. The molecule has 1 atom stereocenters. The third kappa shape index (κ3) is 5.04. The summed E-state index contributed by atoms with van der Waals surface area (Å²) in [5.74, 6) is -4.06. The van der Waals surface area contributed by atoms with E-state index in [4.69, 9.17) is 9.84 Å². The fraction of sp³-hybridized carbons (Fsp3) is 0.174. The number of fused-ring (bicyclic) bond motifs is 3. The smallest absolute Gasteiger partial charge is 0.426 e. The largest absolute Gasteiger partial charge is 0.474 e. The summed E-state index contributed by atoms with van der Waals surface area (Å²) in [5, 5.41) is 13.1. The molecule has 1 heterocycles. The van der Waals surface area contributed by atoms with Gasteiger partial charge in [-0.2, -0.15) is 0 Å². The number of aromatic nitrogens is 1. The Bertz CT molecular complexity index is 1180. The highest BCUT2D eigenvalue weighted by Gasteiger charge is 2.29. The van der Waals surface area contributed by atoms with Crippen molar-refractivity contribution in [3.8, 4) is 11.1 Å². The van der Waals surface area contributed by atoms with E-state index in [-0.39, 0.29) is 18.9 Å². The fourth-order valence-corrected chi connectivity index (χ4v) is 4.46. The average Bonchev–Trinajstić information content (AvgIpc) is 3.46. The molecule has 1 aliphatic rings. The second-order valence-electron chi connectivity index (χ2n) is 7.40. The van der Waals surface area contributed by atoms with E-state index < -0.39 is 29.9 Å². The molecule has 3 amide bonds. The molecule has 10 nitrogen and oxygen atoms in total. The number of amides is 3. The number of rotatable bonds is 6. The maximum atomic E-state index is 12.5. The summed E-state index contributed by atoms with van der Waals surface area (Å²) in [6.45, 7) is 0.0496. The summed E-state index contributed by atoms with van der Waals surface area (Å²) in [6.07, 6.45) is 0.574. The first-order valence-electron chi connectivity index (χ1n) is 10.3. The number of carboxylic acid groups (broad SMARTS) is 1. The van der Waals surface area contributed by atoms with Crippen LogP contribution in [-0.4, -0.2) is 46.6 Å². The molecule has 34 heavy (non-hydrogen) atoms. The number of carbonyl (C=O) groups is 4. The van der Waals surface area contributed by atoms with E-state index in [0.29, 0.717) is 5.01 Å². The first-order valence-corrected chi connectivity index (χ1v) is 11.1. The number of benzene rings is 2. The van der Waals surface area contributed by atoms with Crippen LogP contribution in [0.2, 0.25) is 0 Å². The third-order valence-corrected chi connectivity index (χ3v) is 6.11. The molecule has 2 aromatic carbocycles. The van der Waals surface area contributed by atoms with Crippen LogP contribution in [0, 0.1) is 0 Å². The molecule has 0 radical (unpaired) electrons. The van der Waals surface area contributed by atoms with Gasteiger partial charge in [-0.05, 0) is 22.3 Å². The second-order valence-corrected chi connectivity index (χ2v) is 8.38. The molecule has 0 fully saturated rings. The lowest BCUT2D eigenvalue weighted by Crippen LogP contribution is -2.54. The van der Waals surface area contributed by atoms with E-state index in [1.165, 1.54) is 17.5 Å². The van der Waals surface area contributed by atoms with E-state index in [1.54, 1.807) is 5.38 Å². The first-order chi connectivity index (χ1) is 16.4. The summed E-state index contributed by atoms with van der Waals surface area (Å²) in [7, 11) is 0. The molecule has 0 spiro atoms. The van der Waals surface area contributed by atoms with Crippen LogP contribution in [0.1, 0.15) is 22.1 Å². The molecule has 0 saturated heterocycles. The van der Waals surface area contributed by atoms with Crippen molar-refractivity contribution in [1.82, 2.24) is 21.2 Å². The summed E-state index contributed by atoms with van der Waals surface area (Å²) in [6, 6.07) is 14.5. The zero-order chi connectivity index (χ0) is 24.1. The summed E-state index contributed by atoms with van der Waals surface area (Å²) in [5.41, 5.74) is 8.55. The molecule has 1 aliphatic carbocycles. The minimum Gasteiger partial charge on any atom is -0.474 e. The van der Waals surface area contributed by atoms with Gasteiger partial charge in [0.15, 0.2) is 0 Å². The molecule has 0 bridgehead atoms. The van der Waals surface area contributed by atoms with Crippen molar-refractivity contribution in [2.24, 2.45) is 0 Å². The molecule has 3 aromatic rings. The van der Waals surface area contributed by atoms with E-state index in [9.17, 15) is 19.2 Å². The number of carbonyl (C=O) groups excluding carboxylic acids is 3. The Hall–Kier alpha value is -4.25. The van der Waals surface area contributed by atoms with Crippen LogP contribution < -0.4 is 16.2 Å². The lowest BCUT2D eigenvalue weighted by Gasteiger charge is -2.18. The molecule has 0 aliphatic heterocycles. The molecular weight excluding hydrogens is 460 g/mol. The van der Waals surface area contributed by atoms with Gasteiger partial charge in [-0.25, -0.2) is 20.0 Å². The Morgan fingerprint density at radius 1 is 1.00 bits per heavy atom. The van der Waals surface area contributed by atoms with E-state index in [2.05, 4.69) is 21.2 Å². The van der Waals surface area contributed by atoms with Crippen LogP contribution in [0.25, 0.3) is 11.1 Å². The lowest BCUT2D eigenvalue weighted by molar-refractivity contribution is -0.151. The summed E-state index contributed by atoms with van der Waals surface area (Å²) < 4.78 is 5.34. The number of hydrogen-bond acceptors (Lipinski definition) is 7. The first kappa shape index (κ1) is 22.9. The number of hydrazine groups is 1. The van der Waals surface area contributed by atoms with Crippen LogP contribution in [-0.2, 0) is 25.5 Å². The van der Waals surface area contributed by atoms with E-state index in [1.807, 2.05) is 48.5 Å². The van der Waals surface area contributed by atoms with Crippen molar-refractivity contribution in [3.63, 3.8) is 0 Å². The van der Waals surface area contributed by atoms with Gasteiger partial charge in [0.1, 0.15) is 12.6 Å². The molecule has 4 N–H and O–H groups in total. The topological polar surface area (TPSA) is 147 Å². The Morgan fingerprint density at radius 3 is 2.24 bits per heavy atom. The van der Waals surface area contributed by atoms with Gasteiger partial charge >= 0.3 is 18.0 Å². The van der Waals surface area contributed by atoms with E-state index >= 15 is 0 Å². The molecule has 1 aromatic heterocycles. The number of thiazole rings is 1. The Labute approximate surface area is 197 Å². The summed E-state index contributed by atoms with van der Waals surface area (Å²) in [4.78, 5) is 51.2. The number of nitrogens with zero attached hydrogens (tertiary/aromatic N) is 1. The Morgan fingerprint density at radius 2 is 1.65 bits per heavy atom. The van der Waals surface area contributed by atoms with Gasteiger partial charge in [-0.3, -0.25) is 15.0 Å². The number of ether oxygens (including phenoxy) is 1. The lowest BCUT2D eigenvalue weighted by atomic mass is 9.98. The number of aliphatic carboxylic acids is 1. The van der Waals surface area contributed by atoms with Crippen molar-refractivity contribution in [1.29, 1.82) is 0 Å². The molecular formula is C23H20N4O6S. The normalized spacial score (nSPS) is 12.7. The highest BCUT2D eigenvalue weighted by atomic mass is 32.1. The monoisotopic (exact) mass is 480 g/mol. The number of hydrogen-bond donors (Lipinski definition) is 4. The summed E-state index contributed by atoms with van der Waals surface area (Å²) >= 11 is 1.24. The number of carboxylic acids is 1. The quantitative estimate of drug-likeness (QED) is 0.311. The predicted molar refractivity (Wildman–Crippen MR) is 122 cm³/mol. The standard InChI is InChI=1S/C23H20N4O6S/c28-20(18(25-21(29)22(30)31)11-19-24-9-10-34-19)26-27-23(32)33-12-17-15-7-3-1-5-13(15)14-6-2-4-8-16(14)17/h1-10,17-18H,11-12H2,(H,25,29)(H,26,28)(H,27,32)(H,30,31). The second kappa shape index (κ2) is 10.1. The van der Waals surface area contributed by atoms with Crippen molar-refractivity contribution < 1.29 is 29.0 Å². The van der Waals surface area contributed by atoms with E-state index in [0.717, 1.165) is 22.3 Å². The molecule has 4 rings (SSSR count). The van der Waals surface area contributed by atoms with Crippen molar-refractivity contribution in [2.45, 2.75) is 18.4 Å².